The molecular formula is C18H20N2O2. The summed E-state index contributed by atoms with van der Waals surface area (Å²) in [6.45, 7) is 4.06. The van der Waals surface area contributed by atoms with Crippen LogP contribution < -0.4 is 0 Å². The van der Waals surface area contributed by atoms with Gasteiger partial charge in [0.25, 0.3) is 5.91 Å². The van der Waals surface area contributed by atoms with Crippen LogP contribution in [-0.4, -0.2) is 47.9 Å². The summed E-state index contributed by atoms with van der Waals surface area (Å²) in [5.41, 5.74) is 1.67. The molecule has 0 aliphatic carbocycles. The number of nitrogens with zero attached hydrogens (tertiary/aromatic N) is 2. The number of hydrogen-bond donors (Lipinski definition) is 0. The van der Waals surface area contributed by atoms with Gasteiger partial charge in [0.1, 0.15) is 12.0 Å². The van der Waals surface area contributed by atoms with Gasteiger partial charge in [-0.15, -0.1) is 0 Å². The molecule has 0 radical (unpaired) electrons. The van der Waals surface area contributed by atoms with E-state index in [4.69, 9.17) is 4.42 Å². The Morgan fingerprint density at radius 3 is 2.59 bits per heavy atom. The molecule has 22 heavy (non-hydrogen) atoms. The highest BCUT2D eigenvalue weighted by atomic mass is 16.3. The molecule has 4 heterocycles. The van der Waals surface area contributed by atoms with Crippen molar-refractivity contribution in [2.24, 2.45) is 0 Å². The van der Waals surface area contributed by atoms with E-state index in [1.54, 1.807) is 6.26 Å². The molecule has 0 unspecified atom stereocenters. The van der Waals surface area contributed by atoms with Gasteiger partial charge in [-0.25, -0.2) is 0 Å². The van der Waals surface area contributed by atoms with Gasteiger partial charge in [0.2, 0.25) is 0 Å². The van der Waals surface area contributed by atoms with Crippen LogP contribution >= 0.6 is 0 Å². The summed E-state index contributed by atoms with van der Waals surface area (Å²) in [7, 11) is 0. The van der Waals surface area contributed by atoms with Crippen LogP contribution in [0.15, 0.2) is 47.1 Å². The molecule has 1 aromatic heterocycles. The number of rotatable bonds is 2. The van der Waals surface area contributed by atoms with Crippen LogP contribution in [0.1, 0.15) is 23.2 Å². The van der Waals surface area contributed by atoms with E-state index in [-0.39, 0.29) is 5.91 Å². The van der Waals surface area contributed by atoms with Gasteiger partial charge in [0.15, 0.2) is 0 Å². The lowest BCUT2D eigenvalue weighted by Crippen LogP contribution is -2.41. The molecule has 0 spiro atoms. The van der Waals surface area contributed by atoms with Gasteiger partial charge in [-0.3, -0.25) is 4.79 Å². The monoisotopic (exact) mass is 296 g/mol. The second-order valence-electron chi connectivity index (χ2n) is 6.14. The molecule has 2 bridgehead atoms. The fourth-order valence-corrected chi connectivity index (χ4v) is 3.52. The van der Waals surface area contributed by atoms with Crippen molar-refractivity contribution < 1.29 is 9.21 Å². The van der Waals surface area contributed by atoms with E-state index >= 15 is 0 Å². The van der Waals surface area contributed by atoms with Crippen LogP contribution in [0, 0.1) is 0 Å². The van der Waals surface area contributed by atoms with Crippen molar-refractivity contribution >= 4 is 5.91 Å². The lowest BCUT2D eigenvalue weighted by Gasteiger charge is -2.31. The smallest absolute Gasteiger partial charge is 0.257 e. The number of fused-ring (bicyclic) bond motifs is 4. The lowest BCUT2D eigenvalue weighted by atomic mass is 10.0. The second-order valence-corrected chi connectivity index (χ2v) is 6.14. The zero-order chi connectivity index (χ0) is 14.9. The maximum absolute atomic E-state index is 12.8. The predicted octanol–water partition coefficient (Wildman–Crippen LogP) is 2.87. The molecule has 2 aromatic rings. The predicted molar refractivity (Wildman–Crippen MR) is 84.6 cm³/mol. The molecule has 1 aromatic carbocycles. The molecule has 3 aliphatic heterocycles. The minimum Gasteiger partial charge on any atom is -0.464 e. The topological polar surface area (TPSA) is 36.7 Å². The average molecular weight is 296 g/mol. The van der Waals surface area contributed by atoms with Gasteiger partial charge in [0.05, 0.1) is 5.56 Å². The minimum absolute atomic E-state index is 0.111. The highest BCUT2D eigenvalue weighted by Gasteiger charge is 2.32. The molecule has 5 rings (SSSR count). The van der Waals surface area contributed by atoms with Crippen LogP contribution in [0.4, 0.5) is 0 Å². The van der Waals surface area contributed by atoms with E-state index in [1.807, 2.05) is 41.3 Å². The van der Waals surface area contributed by atoms with E-state index in [0.29, 0.717) is 11.6 Å². The first-order chi connectivity index (χ1) is 10.8. The molecule has 4 heteroatoms. The molecule has 1 amide bonds. The quantitative estimate of drug-likeness (QED) is 0.855. The second kappa shape index (κ2) is 5.61. The summed E-state index contributed by atoms with van der Waals surface area (Å²) in [5.74, 6) is 0.867. The summed E-state index contributed by atoms with van der Waals surface area (Å²) < 4.78 is 5.62. The van der Waals surface area contributed by atoms with Crippen molar-refractivity contribution in [2.45, 2.75) is 18.9 Å². The molecule has 0 saturated carbocycles. The Labute approximate surface area is 130 Å². The Bertz CT molecular complexity index is 657. The SMILES string of the molecule is O=C(c1coc(-c2ccccc2)c1)N1CCN2CCC1CC2. The Balaban J connectivity index is 1.57. The molecule has 0 N–H and O–H groups in total. The Morgan fingerprint density at radius 1 is 1.05 bits per heavy atom. The largest absolute Gasteiger partial charge is 0.464 e. The molecule has 0 atom stereocenters. The fourth-order valence-electron chi connectivity index (χ4n) is 3.52. The molecule has 3 aliphatic rings. The third-order valence-electron chi connectivity index (χ3n) is 4.82. The molecule has 4 nitrogen and oxygen atoms in total. The van der Waals surface area contributed by atoms with E-state index in [2.05, 4.69) is 4.90 Å². The van der Waals surface area contributed by atoms with Crippen LogP contribution in [0.5, 0.6) is 0 Å². The summed E-state index contributed by atoms with van der Waals surface area (Å²) in [5, 5.41) is 0. The molecule has 114 valence electrons. The van der Waals surface area contributed by atoms with Gasteiger partial charge < -0.3 is 14.2 Å². The van der Waals surface area contributed by atoms with Gasteiger partial charge in [-0.2, -0.15) is 0 Å². The summed E-state index contributed by atoms with van der Waals surface area (Å²) in [4.78, 5) is 17.3. The fraction of sp³-hybridized carbons (Fsp3) is 0.389. The average Bonchev–Trinajstić information content (AvgIpc) is 2.88. The van der Waals surface area contributed by atoms with Crippen molar-refractivity contribution in [3.05, 3.63) is 48.2 Å². The van der Waals surface area contributed by atoms with Crippen molar-refractivity contribution in [3.8, 4) is 11.3 Å². The summed E-state index contributed by atoms with van der Waals surface area (Å²) >= 11 is 0. The van der Waals surface area contributed by atoms with Gasteiger partial charge in [-0.1, -0.05) is 30.3 Å². The van der Waals surface area contributed by atoms with Crippen LogP contribution in [-0.2, 0) is 0 Å². The van der Waals surface area contributed by atoms with Crippen molar-refractivity contribution in [2.75, 3.05) is 26.2 Å². The first-order valence-corrected chi connectivity index (χ1v) is 7.98. The highest BCUT2D eigenvalue weighted by Crippen LogP contribution is 2.26. The zero-order valence-corrected chi connectivity index (χ0v) is 12.6. The van der Waals surface area contributed by atoms with E-state index in [1.165, 1.54) is 0 Å². The summed E-state index contributed by atoms with van der Waals surface area (Å²) in [6.07, 6.45) is 3.78. The van der Waals surface area contributed by atoms with Gasteiger partial charge >= 0.3 is 0 Å². The number of benzene rings is 1. The molecule has 3 saturated heterocycles. The normalized spacial score (nSPS) is 24.3. The van der Waals surface area contributed by atoms with Gasteiger partial charge in [0, 0.05) is 37.8 Å². The van der Waals surface area contributed by atoms with E-state index < -0.39 is 0 Å². The number of hydrogen-bond acceptors (Lipinski definition) is 3. The first-order valence-electron chi connectivity index (χ1n) is 7.98. The minimum atomic E-state index is 0.111. The Morgan fingerprint density at radius 2 is 1.82 bits per heavy atom. The highest BCUT2D eigenvalue weighted by molar-refractivity contribution is 5.95. The standard InChI is InChI=1S/C18H20N2O2/c21-18(20-11-10-19-8-6-16(20)7-9-19)15-12-17(22-13-15)14-4-2-1-3-5-14/h1-5,12-13,16H,6-11H2. The van der Waals surface area contributed by atoms with Crippen molar-refractivity contribution in [3.63, 3.8) is 0 Å². The zero-order valence-electron chi connectivity index (χ0n) is 12.6. The number of amides is 1. The number of carbonyl (C=O) groups is 1. The van der Waals surface area contributed by atoms with Crippen LogP contribution in [0.25, 0.3) is 11.3 Å². The summed E-state index contributed by atoms with van der Waals surface area (Å²) in [6, 6.07) is 12.2. The number of carbonyl (C=O) groups excluding carboxylic acids is 1. The Hall–Kier alpha value is -2.07. The van der Waals surface area contributed by atoms with Crippen LogP contribution in [0.3, 0.4) is 0 Å². The van der Waals surface area contributed by atoms with Gasteiger partial charge in [-0.05, 0) is 18.9 Å². The number of piperidine rings is 1. The Kier molecular flexibility index (Phi) is 3.47. The van der Waals surface area contributed by atoms with E-state index in [9.17, 15) is 4.79 Å². The lowest BCUT2D eigenvalue weighted by molar-refractivity contribution is 0.0684. The number of furan rings is 1. The third kappa shape index (κ3) is 2.44. The van der Waals surface area contributed by atoms with Crippen molar-refractivity contribution in [1.29, 1.82) is 0 Å². The maximum Gasteiger partial charge on any atom is 0.257 e. The van der Waals surface area contributed by atoms with E-state index in [0.717, 1.165) is 50.3 Å². The van der Waals surface area contributed by atoms with Crippen molar-refractivity contribution in [1.82, 2.24) is 9.80 Å². The maximum atomic E-state index is 12.8. The first kappa shape index (κ1) is 13.6. The van der Waals surface area contributed by atoms with Crippen LogP contribution in [0.2, 0.25) is 0 Å². The molecular weight excluding hydrogens is 276 g/mol. The molecule has 3 fully saturated rings. The third-order valence-corrected chi connectivity index (χ3v) is 4.82.